The lowest BCUT2D eigenvalue weighted by molar-refractivity contribution is 0.263. The Morgan fingerprint density at radius 3 is 1.50 bits per heavy atom. The summed E-state index contributed by atoms with van der Waals surface area (Å²) >= 11 is 0. The molecule has 0 N–H and O–H groups in total. The third kappa shape index (κ3) is 5.96. The van der Waals surface area contributed by atoms with Gasteiger partial charge in [-0.3, -0.25) is 0 Å². The maximum atomic E-state index is 2.24. The van der Waals surface area contributed by atoms with E-state index in [-0.39, 0.29) is 0 Å². The van der Waals surface area contributed by atoms with Crippen molar-refractivity contribution in [1.29, 1.82) is 0 Å². The number of hydrogen-bond acceptors (Lipinski definition) is 1. The number of rotatable bonds is 1. The molecule has 0 heterocycles. The van der Waals surface area contributed by atoms with Gasteiger partial charge in [0.15, 0.2) is 0 Å². The maximum absolute atomic E-state index is 2.24. The van der Waals surface area contributed by atoms with Gasteiger partial charge < -0.3 is 4.90 Å². The van der Waals surface area contributed by atoms with E-state index in [1.807, 2.05) is 0 Å². The molecule has 0 aromatic carbocycles. The van der Waals surface area contributed by atoms with E-state index in [0.717, 1.165) is 6.54 Å². The molecule has 0 amide bonds. The topological polar surface area (TPSA) is 3.24 Å². The molecule has 0 aromatic rings. The lowest BCUT2D eigenvalue weighted by Gasteiger charge is -2.22. The van der Waals surface area contributed by atoms with Crippen molar-refractivity contribution in [2.24, 2.45) is 5.41 Å². The quantitative estimate of drug-likeness (QED) is 0.501. The molecule has 0 bridgehead atoms. The molecule has 0 aliphatic carbocycles. The van der Waals surface area contributed by atoms with E-state index in [9.17, 15) is 0 Å². The first kappa shape index (κ1) is 7.96. The largest absolute Gasteiger partial charge is 0.309 e. The zero-order valence-electron chi connectivity index (χ0n) is 6.65. The maximum Gasteiger partial charge on any atom is 0.00239 e. The van der Waals surface area contributed by atoms with Crippen LogP contribution < -0.4 is 0 Å². The molecule has 0 aliphatic heterocycles. The predicted octanol–water partition coefficient (Wildman–Crippen LogP) is 1.59. The van der Waals surface area contributed by atoms with Crippen LogP contribution in [-0.4, -0.2) is 25.5 Å². The molecule has 0 fully saturated rings. The highest BCUT2D eigenvalue weighted by atomic mass is 15.1. The fraction of sp³-hybridized carbons (Fsp3) is 1.00. The summed E-state index contributed by atoms with van der Waals surface area (Å²) < 4.78 is 0. The van der Waals surface area contributed by atoms with E-state index in [1.165, 1.54) is 0 Å². The van der Waals surface area contributed by atoms with Crippen molar-refractivity contribution in [3.63, 3.8) is 0 Å². The molecule has 0 atom stereocenters. The fourth-order valence-electron chi connectivity index (χ4n) is 0.949. The van der Waals surface area contributed by atoms with E-state index in [4.69, 9.17) is 0 Å². The van der Waals surface area contributed by atoms with Gasteiger partial charge in [-0.2, -0.15) is 0 Å². The molecule has 0 unspecified atom stereocenters. The minimum atomic E-state index is 0.448. The van der Waals surface area contributed by atoms with Crippen molar-refractivity contribution in [3.8, 4) is 0 Å². The van der Waals surface area contributed by atoms with E-state index < -0.39 is 0 Å². The summed E-state index contributed by atoms with van der Waals surface area (Å²) in [5.41, 5.74) is 0.448. The Kier molecular flexibility index (Phi) is 2.48. The molecule has 0 rings (SSSR count). The second-order valence-electron chi connectivity index (χ2n) is 3.80. The van der Waals surface area contributed by atoms with Gasteiger partial charge in [-0.25, -0.2) is 0 Å². The molecule has 0 saturated heterocycles. The summed E-state index contributed by atoms with van der Waals surface area (Å²) in [4.78, 5) is 2.21. The molecule has 50 valence electrons. The van der Waals surface area contributed by atoms with Crippen LogP contribution in [0.25, 0.3) is 0 Å². The molecule has 0 spiro atoms. The van der Waals surface area contributed by atoms with Crippen LogP contribution in [-0.2, 0) is 0 Å². The van der Waals surface area contributed by atoms with Crippen molar-refractivity contribution in [2.45, 2.75) is 20.8 Å². The first-order valence-corrected chi connectivity index (χ1v) is 3.06. The minimum Gasteiger partial charge on any atom is -0.309 e. The Hall–Kier alpha value is -0.0400. The van der Waals surface area contributed by atoms with E-state index in [0.29, 0.717) is 5.41 Å². The Morgan fingerprint density at radius 2 is 1.50 bits per heavy atom. The summed E-state index contributed by atoms with van der Waals surface area (Å²) in [6.07, 6.45) is 0. The van der Waals surface area contributed by atoms with Crippen LogP contribution in [0.4, 0.5) is 0 Å². The van der Waals surface area contributed by atoms with Crippen LogP contribution in [0.5, 0.6) is 0 Å². The summed E-state index contributed by atoms with van der Waals surface area (Å²) in [5, 5.41) is 0. The third-order valence-electron chi connectivity index (χ3n) is 0.791. The van der Waals surface area contributed by atoms with Gasteiger partial charge in [0, 0.05) is 6.54 Å². The van der Waals surface area contributed by atoms with Crippen LogP contribution >= 0.6 is 0 Å². The minimum absolute atomic E-state index is 0.448. The summed E-state index contributed by atoms with van der Waals surface area (Å²) in [5.74, 6) is 0. The average Bonchev–Trinajstić information content (AvgIpc) is 1.21. The highest BCUT2D eigenvalue weighted by molar-refractivity contribution is 4.63. The van der Waals surface area contributed by atoms with Gasteiger partial charge in [-0.1, -0.05) is 20.8 Å². The molecule has 0 saturated carbocycles. The van der Waals surface area contributed by atoms with Gasteiger partial charge in [0.25, 0.3) is 0 Å². The third-order valence-corrected chi connectivity index (χ3v) is 0.791. The lowest BCUT2D eigenvalue weighted by atomic mass is 9.97. The van der Waals surface area contributed by atoms with Crippen LogP contribution in [0.1, 0.15) is 20.8 Å². The van der Waals surface area contributed by atoms with Gasteiger partial charge in [0.2, 0.25) is 0 Å². The zero-order valence-corrected chi connectivity index (χ0v) is 6.65. The summed E-state index contributed by atoms with van der Waals surface area (Å²) in [6, 6.07) is 0. The Morgan fingerprint density at radius 1 is 1.12 bits per heavy atom. The first-order chi connectivity index (χ1) is 3.42. The van der Waals surface area contributed by atoms with Crippen LogP contribution in [0.15, 0.2) is 0 Å². The smallest absolute Gasteiger partial charge is 0.00239 e. The van der Waals surface area contributed by atoms with Gasteiger partial charge >= 0.3 is 0 Å². The fourth-order valence-corrected chi connectivity index (χ4v) is 0.949. The zero-order chi connectivity index (χ0) is 6.78. The standard InChI is InChI=1S/C7H17N/c1-7(2,3)6-8(4)5/h6H2,1-5H3. The van der Waals surface area contributed by atoms with Crippen LogP contribution in [0.3, 0.4) is 0 Å². The molecule has 0 aromatic heterocycles. The SMILES string of the molecule is CN(C)CC(C)(C)C. The van der Waals surface area contributed by atoms with Crippen LogP contribution in [0, 0.1) is 5.41 Å². The normalized spacial score (nSPS) is 12.8. The first-order valence-electron chi connectivity index (χ1n) is 3.06. The van der Waals surface area contributed by atoms with Crippen molar-refractivity contribution < 1.29 is 0 Å². The van der Waals surface area contributed by atoms with E-state index >= 15 is 0 Å². The summed E-state index contributed by atoms with van der Waals surface area (Å²) in [6.45, 7) is 7.89. The molecule has 1 heteroatoms. The highest BCUT2D eigenvalue weighted by Crippen LogP contribution is 2.12. The van der Waals surface area contributed by atoms with Crippen molar-refractivity contribution in [3.05, 3.63) is 0 Å². The summed E-state index contributed by atoms with van der Waals surface area (Å²) in [7, 11) is 4.20. The molecular weight excluding hydrogens is 98.1 g/mol. The number of nitrogens with zero attached hydrogens (tertiary/aromatic N) is 1. The van der Waals surface area contributed by atoms with Gasteiger partial charge in [-0.05, 0) is 19.5 Å². The molecule has 0 aliphatic rings. The monoisotopic (exact) mass is 115 g/mol. The number of hydrogen-bond donors (Lipinski definition) is 0. The molecule has 0 radical (unpaired) electrons. The second-order valence-corrected chi connectivity index (χ2v) is 3.80. The Bertz CT molecular complexity index is 59.3. The average molecular weight is 115 g/mol. The van der Waals surface area contributed by atoms with Crippen LogP contribution in [0.2, 0.25) is 0 Å². The van der Waals surface area contributed by atoms with Gasteiger partial charge in [0.05, 0.1) is 0 Å². The lowest BCUT2D eigenvalue weighted by Crippen LogP contribution is -2.25. The van der Waals surface area contributed by atoms with Crippen molar-refractivity contribution in [1.82, 2.24) is 4.90 Å². The van der Waals surface area contributed by atoms with Gasteiger partial charge in [-0.15, -0.1) is 0 Å². The molecule has 1 nitrogen and oxygen atoms in total. The molecular formula is C7H17N. The Balaban J connectivity index is 3.39. The molecule has 8 heavy (non-hydrogen) atoms. The van der Waals surface area contributed by atoms with E-state index in [1.54, 1.807) is 0 Å². The van der Waals surface area contributed by atoms with E-state index in [2.05, 4.69) is 39.8 Å². The second kappa shape index (κ2) is 2.49. The Labute approximate surface area is 52.7 Å². The highest BCUT2D eigenvalue weighted by Gasteiger charge is 2.09. The van der Waals surface area contributed by atoms with Crippen molar-refractivity contribution >= 4 is 0 Å². The van der Waals surface area contributed by atoms with Gasteiger partial charge in [0.1, 0.15) is 0 Å². The van der Waals surface area contributed by atoms with Crippen molar-refractivity contribution in [2.75, 3.05) is 20.6 Å². The predicted molar refractivity (Wildman–Crippen MR) is 38.0 cm³/mol.